The van der Waals surface area contributed by atoms with E-state index in [1.807, 2.05) is 0 Å². The number of aliphatic hydroxyl groups excluding tert-OH is 1. The number of nitrogen functional groups attached to an aromatic ring is 1. The SMILES string of the molecule is Cc1cc2nc(N)c3cnn(C)c3c2cc1C(=O)N1CC(O)CN1c1ncccc1F. The van der Waals surface area contributed by atoms with Crippen molar-refractivity contribution in [3.8, 4) is 0 Å². The number of pyridine rings is 2. The Hall–Kier alpha value is -3.79. The molecule has 0 radical (unpaired) electrons. The number of fused-ring (bicyclic) bond motifs is 3. The average Bonchev–Trinajstić information content (AvgIpc) is 3.31. The molecule has 0 spiro atoms. The van der Waals surface area contributed by atoms with Gasteiger partial charge in [-0.05, 0) is 36.8 Å². The predicted molar refractivity (Wildman–Crippen MR) is 114 cm³/mol. The number of hydrazine groups is 1. The molecule has 1 amide bonds. The molecule has 3 N–H and O–H groups in total. The first-order chi connectivity index (χ1) is 14.8. The molecule has 1 fully saturated rings. The number of aliphatic hydroxyl groups is 1. The smallest absolute Gasteiger partial charge is 0.272 e. The minimum absolute atomic E-state index is 0.00527. The van der Waals surface area contributed by atoms with Crippen LogP contribution in [0.1, 0.15) is 15.9 Å². The van der Waals surface area contributed by atoms with Gasteiger partial charge in [0.15, 0.2) is 11.6 Å². The first-order valence-electron chi connectivity index (χ1n) is 9.74. The molecular formula is C21H20FN7O2. The molecule has 0 bridgehead atoms. The molecular weight excluding hydrogens is 401 g/mol. The fraction of sp³-hybridized carbons (Fsp3) is 0.238. The second-order valence-electron chi connectivity index (χ2n) is 7.64. The monoisotopic (exact) mass is 421 g/mol. The number of nitrogens with zero attached hydrogens (tertiary/aromatic N) is 6. The van der Waals surface area contributed by atoms with E-state index in [2.05, 4.69) is 15.1 Å². The molecule has 31 heavy (non-hydrogen) atoms. The van der Waals surface area contributed by atoms with Crippen LogP contribution in [-0.2, 0) is 7.05 Å². The van der Waals surface area contributed by atoms with Gasteiger partial charge in [0, 0.05) is 24.2 Å². The maximum atomic E-state index is 14.4. The van der Waals surface area contributed by atoms with Crippen LogP contribution in [0, 0.1) is 12.7 Å². The highest BCUT2D eigenvalue weighted by Crippen LogP contribution is 2.31. The number of anilines is 2. The maximum Gasteiger partial charge on any atom is 0.272 e. The van der Waals surface area contributed by atoms with Gasteiger partial charge < -0.3 is 10.8 Å². The molecule has 5 rings (SSSR count). The number of carbonyl (C=O) groups excluding carboxylic acids is 1. The Kier molecular flexibility index (Phi) is 4.26. The van der Waals surface area contributed by atoms with Crippen LogP contribution in [0.3, 0.4) is 0 Å². The van der Waals surface area contributed by atoms with Gasteiger partial charge in [0.25, 0.3) is 5.91 Å². The lowest BCUT2D eigenvalue weighted by atomic mass is 10.0. The summed E-state index contributed by atoms with van der Waals surface area (Å²) in [6.07, 6.45) is 2.26. The standard InChI is InChI=1S/C21H20FN7O2/c1-11-6-17-14(18-15(19(23)26-17)8-25-27(18)2)7-13(11)21(31)29-10-12(30)9-28(29)20-16(22)4-3-5-24-20/h3-8,12,30H,9-10H2,1-2H3,(H2,23,26). The summed E-state index contributed by atoms with van der Waals surface area (Å²) in [7, 11) is 1.80. The molecule has 1 unspecified atom stereocenters. The van der Waals surface area contributed by atoms with E-state index < -0.39 is 11.9 Å². The molecule has 3 aromatic heterocycles. The van der Waals surface area contributed by atoms with Crippen molar-refractivity contribution in [1.29, 1.82) is 0 Å². The van der Waals surface area contributed by atoms with Gasteiger partial charge in [0.1, 0.15) is 5.82 Å². The van der Waals surface area contributed by atoms with Gasteiger partial charge in [-0.2, -0.15) is 5.10 Å². The van der Waals surface area contributed by atoms with E-state index in [-0.39, 0.29) is 24.8 Å². The van der Waals surface area contributed by atoms with Crippen LogP contribution in [0.25, 0.3) is 21.8 Å². The van der Waals surface area contributed by atoms with Gasteiger partial charge in [-0.1, -0.05) is 0 Å². The van der Waals surface area contributed by atoms with Gasteiger partial charge in [-0.15, -0.1) is 0 Å². The van der Waals surface area contributed by atoms with Crippen molar-refractivity contribution in [2.24, 2.45) is 7.05 Å². The molecule has 1 aromatic carbocycles. The normalized spacial score (nSPS) is 16.6. The Bertz CT molecular complexity index is 1350. The third-order valence-corrected chi connectivity index (χ3v) is 5.56. The van der Waals surface area contributed by atoms with Crippen LogP contribution in [0.4, 0.5) is 16.0 Å². The predicted octanol–water partition coefficient (Wildman–Crippen LogP) is 1.78. The Balaban J connectivity index is 1.64. The minimum atomic E-state index is -0.823. The van der Waals surface area contributed by atoms with Gasteiger partial charge in [0.2, 0.25) is 0 Å². The Labute approximate surface area is 176 Å². The van der Waals surface area contributed by atoms with Crippen molar-refractivity contribution in [3.63, 3.8) is 0 Å². The van der Waals surface area contributed by atoms with Crippen LogP contribution in [0.15, 0.2) is 36.7 Å². The van der Waals surface area contributed by atoms with E-state index in [9.17, 15) is 14.3 Å². The van der Waals surface area contributed by atoms with Crippen molar-refractivity contribution >= 4 is 39.3 Å². The van der Waals surface area contributed by atoms with Crippen LogP contribution in [-0.4, -0.2) is 55.0 Å². The molecule has 1 atom stereocenters. The van der Waals surface area contributed by atoms with Crippen LogP contribution < -0.4 is 10.7 Å². The first-order valence-corrected chi connectivity index (χ1v) is 9.74. The minimum Gasteiger partial charge on any atom is -0.389 e. The van der Waals surface area contributed by atoms with E-state index in [0.717, 1.165) is 10.9 Å². The number of carbonyl (C=O) groups is 1. The Morgan fingerprint density at radius 3 is 2.87 bits per heavy atom. The van der Waals surface area contributed by atoms with Gasteiger partial charge in [0.05, 0.1) is 41.8 Å². The van der Waals surface area contributed by atoms with Crippen molar-refractivity contribution in [2.45, 2.75) is 13.0 Å². The lowest BCUT2D eigenvalue weighted by molar-refractivity contribution is 0.0746. The zero-order valence-corrected chi connectivity index (χ0v) is 16.9. The molecule has 158 valence electrons. The summed E-state index contributed by atoms with van der Waals surface area (Å²) in [4.78, 5) is 22.0. The zero-order chi connectivity index (χ0) is 21.9. The Morgan fingerprint density at radius 1 is 1.29 bits per heavy atom. The summed E-state index contributed by atoms with van der Waals surface area (Å²) in [6, 6.07) is 6.29. The van der Waals surface area contributed by atoms with Gasteiger partial charge in [-0.25, -0.2) is 19.4 Å². The van der Waals surface area contributed by atoms with Crippen LogP contribution in [0.2, 0.25) is 0 Å². The molecule has 1 aliphatic heterocycles. The van der Waals surface area contributed by atoms with Gasteiger partial charge >= 0.3 is 0 Å². The number of aromatic nitrogens is 4. The van der Waals surface area contributed by atoms with Gasteiger partial charge in [-0.3, -0.25) is 14.5 Å². The van der Waals surface area contributed by atoms with Crippen LogP contribution >= 0.6 is 0 Å². The Morgan fingerprint density at radius 2 is 2.10 bits per heavy atom. The lowest BCUT2D eigenvalue weighted by Crippen LogP contribution is -2.42. The number of hydrogen-bond donors (Lipinski definition) is 2. The summed E-state index contributed by atoms with van der Waals surface area (Å²) in [5.41, 5.74) is 8.60. The van der Waals surface area contributed by atoms with Crippen molar-refractivity contribution < 1.29 is 14.3 Å². The highest BCUT2D eigenvalue weighted by molar-refractivity contribution is 6.10. The fourth-order valence-corrected chi connectivity index (χ4v) is 4.09. The van der Waals surface area contributed by atoms with E-state index in [1.165, 1.54) is 28.3 Å². The molecule has 9 nitrogen and oxygen atoms in total. The highest BCUT2D eigenvalue weighted by Gasteiger charge is 2.36. The molecule has 0 aliphatic carbocycles. The second-order valence-corrected chi connectivity index (χ2v) is 7.64. The summed E-state index contributed by atoms with van der Waals surface area (Å²) in [5, 5.41) is 18.6. The zero-order valence-electron chi connectivity index (χ0n) is 16.9. The maximum absolute atomic E-state index is 14.4. The summed E-state index contributed by atoms with van der Waals surface area (Å²) in [5.74, 6) is -0.572. The number of aryl methyl sites for hydroxylation is 2. The van der Waals surface area contributed by atoms with Crippen molar-refractivity contribution in [2.75, 3.05) is 23.8 Å². The molecule has 4 aromatic rings. The van der Waals surface area contributed by atoms with E-state index in [4.69, 9.17) is 5.73 Å². The number of benzene rings is 1. The number of amides is 1. The first kappa shape index (κ1) is 19.2. The third kappa shape index (κ3) is 2.95. The quantitative estimate of drug-likeness (QED) is 0.507. The lowest BCUT2D eigenvalue weighted by Gasteiger charge is -2.29. The molecule has 0 saturated carbocycles. The summed E-state index contributed by atoms with van der Waals surface area (Å²) < 4.78 is 16.1. The number of β-amino-alcohol motifs (C(OH)–C–C–N with tert-alkyl or cyclic N) is 1. The van der Waals surface area contributed by atoms with Crippen molar-refractivity contribution in [3.05, 3.63) is 53.6 Å². The number of rotatable bonds is 2. The fourth-order valence-electron chi connectivity index (χ4n) is 4.09. The summed E-state index contributed by atoms with van der Waals surface area (Å²) >= 11 is 0. The van der Waals surface area contributed by atoms with E-state index >= 15 is 0 Å². The molecule has 1 aliphatic rings. The van der Waals surface area contributed by atoms with E-state index in [0.29, 0.717) is 27.8 Å². The largest absolute Gasteiger partial charge is 0.389 e. The second kappa shape index (κ2) is 6.88. The highest BCUT2D eigenvalue weighted by atomic mass is 19.1. The van der Waals surface area contributed by atoms with Crippen molar-refractivity contribution in [1.82, 2.24) is 24.8 Å². The topological polar surface area (TPSA) is 113 Å². The third-order valence-electron chi connectivity index (χ3n) is 5.56. The van der Waals surface area contributed by atoms with E-state index in [1.54, 1.807) is 37.0 Å². The van der Waals surface area contributed by atoms with Crippen LogP contribution in [0.5, 0.6) is 0 Å². The number of nitrogens with two attached hydrogens (primary N) is 1. The average molecular weight is 421 g/mol. The number of hydrogen-bond acceptors (Lipinski definition) is 7. The molecule has 4 heterocycles. The molecule has 10 heteroatoms. The molecule has 1 saturated heterocycles. The summed E-state index contributed by atoms with van der Waals surface area (Å²) in [6.45, 7) is 1.90. The number of halogens is 1.